The number of carbonyl (C=O) groups excluding carboxylic acids is 1. The van der Waals surface area contributed by atoms with Crippen molar-refractivity contribution in [1.82, 2.24) is 5.32 Å². The van der Waals surface area contributed by atoms with Gasteiger partial charge in [0.15, 0.2) is 0 Å². The third kappa shape index (κ3) is 4.65. The number of rotatable bonds is 4. The monoisotopic (exact) mass is 300 g/mol. The van der Waals surface area contributed by atoms with Crippen molar-refractivity contribution in [3.63, 3.8) is 0 Å². The van der Waals surface area contributed by atoms with E-state index in [0.717, 1.165) is 23.9 Å². The molecule has 118 valence electrons. The average molecular weight is 300 g/mol. The zero-order valence-electron chi connectivity index (χ0n) is 13.5. The van der Waals surface area contributed by atoms with Crippen LogP contribution < -0.4 is 11.1 Å². The van der Waals surface area contributed by atoms with Crippen LogP contribution in [0.2, 0.25) is 0 Å². The van der Waals surface area contributed by atoms with Crippen LogP contribution in [0, 0.1) is 0 Å². The molecule has 0 aliphatic carbocycles. The topological polar surface area (TPSA) is 64.3 Å². The van der Waals surface area contributed by atoms with Gasteiger partial charge in [0.05, 0.1) is 0 Å². The van der Waals surface area contributed by atoms with E-state index in [-0.39, 0.29) is 6.09 Å². The fraction of sp³-hybridized carbons (Fsp3) is 0.389. The van der Waals surface area contributed by atoms with Crippen molar-refractivity contribution >= 4 is 22.6 Å². The Bertz CT molecular complexity index is 660. The lowest BCUT2D eigenvalue weighted by Crippen LogP contribution is -2.33. The smallest absolute Gasteiger partial charge is 0.407 e. The Balaban J connectivity index is 1.89. The van der Waals surface area contributed by atoms with Crippen molar-refractivity contribution in [1.29, 1.82) is 0 Å². The van der Waals surface area contributed by atoms with E-state index in [2.05, 4.69) is 23.5 Å². The van der Waals surface area contributed by atoms with E-state index >= 15 is 0 Å². The summed E-state index contributed by atoms with van der Waals surface area (Å²) in [5.74, 6) is 0. The standard InChI is InChI=1S/C18H24N2O2/c1-18(2,3)22-17(21)20-11-5-8-13-6-4-7-14-12-15(19)9-10-16(13)14/h4,6-7,9-10,12H,5,8,11,19H2,1-3H3,(H,20,21). The van der Waals surface area contributed by atoms with Gasteiger partial charge in [-0.05, 0) is 62.1 Å². The largest absolute Gasteiger partial charge is 0.444 e. The fourth-order valence-electron chi connectivity index (χ4n) is 2.37. The molecular formula is C18H24N2O2. The van der Waals surface area contributed by atoms with Gasteiger partial charge in [-0.2, -0.15) is 0 Å². The van der Waals surface area contributed by atoms with Crippen LogP contribution in [0.3, 0.4) is 0 Å². The van der Waals surface area contributed by atoms with Crippen LogP contribution in [-0.4, -0.2) is 18.2 Å². The van der Waals surface area contributed by atoms with Crippen molar-refractivity contribution in [3.8, 4) is 0 Å². The molecule has 0 aromatic heterocycles. The summed E-state index contributed by atoms with van der Waals surface area (Å²) in [6, 6.07) is 12.2. The summed E-state index contributed by atoms with van der Waals surface area (Å²) in [7, 11) is 0. The molecule has 22 heavy (non-hydrogen) atoms. The van der Waals surface area contributed by atoms with Crippen LogP contribution in [0.25, 0.3) is 10.8 Å². The molecule has 4 nitrogen and oxygen atoms in total. The molecule has 0 heterocycles. The summed E-state index contributed by atoms with van der Waals surface area (Å²) >= 11 is 0. The van der Waals surface area contributed by atoms with Crippen molar-refractivity contribution in [2.24, 2.45) is 0 Å². The van der Waals surface area contributed by atoms with Crippen molar-refractivity contribution < 1.29 is 9.53 Å². The maximum Gasteiger partial charge on any atom is 0.407 e. The van der Waals surface area contributed by atoms with E-state index in [1.807, 2.05) is 39.0 Å². The number of hydrogen-bond donors (Lipinski definition) is 2. The summed E-state index contributed by atoms with van der Waals surface area (Å²) in [6.07, 6.45) is 1.40. The second kappa shape index (κ2) is 6.69. The van der Waals surface area contributed by atoms with Gasteiger partial charge in [-0.25, -0.2) is 4.79 Å². The Hall–Kier alpha value is -2.23. The van der Waals surface area contributed by atoms with Gasteiger partial charge in [0.2, 0.25) is 0 Å². The highest BCUT2D eigenvalue weighted by atomic mass is 16.6. The number of amides is 1. The molecule has 2 aromatic carbocycles. The number of nitrogens with two attached hydrogens (primary N) is 1. The van der Waals surface area contributed by atoms with Gasteiger partial charge in [-0.15, -0.1) is 0 Å². The number of ether oxygens (including phenoxy) is 1. The molecule has 2 aromatic rings. The van der Waals surface area contributed by atoms with Crippen LogP contribution in [0.15, 0.2) is 36.4 Å². The lowest BCUT2D eigenvalue weighted by atomic mass is 10.0. The van der Waals surface area contributed by atoms with Crippen LogP contribution in [-0.2, 0) is 11.2 Å². The van der Waals surface area contributed by atoms with Gasteiger partial charge in [0, 0.05) is 12.2 Å². The third-order valence-corrected chi connectivity index (χ3v) is 3.29. The minimum absolute atomic E-state index is 0.363. The molecule has 0 radical (unpaired) electrons. The zero-order chi connectivity index (χ0) is 16.2. The Morgan fingerprint density at radius 3 is 2.73 bits per heavy atom. The number of aryl methyl sites for hydroxylation is 1. The van der Waals surface area contributed by atoms with E-state index in [1.165, 1.54) is 10.9 Å². The maximum absolute atomic E-state index is 11.6. The first kappa shape index (κ1) is 16.1. The zero-order valence-corrected chi connectivity index (χ0v) is 13.5. The van der Waals surface area contributed by atoms with Gasteiger partial charge < -0.3 is 15.8 Å². The molecular weight excluding hydrogens is 276 g/mol. The van der Waals surface area contributed by atoms with Crippen LogP contribution in [0.1, 0.15) is 32.8 Å². The molecule has 0 saturated carbocycles. The average Bonchev–Trinajstić information content (AvgIpc) is 2.41. The molecule has 3 N–H and O–H groups in total. The SMILES string of the molecule is CC(C)(C)OC(=O)NCCCc1cccc2cc(N)ccc12. The second-order valence-electron chi connectivity index (χ2n) is 6.43. The quantitative estimate of drug-likeness (QED) is 0.665. The molecule has 0 aliphatic heterocycles. The second-order valence-corrected chi connectivity index (χ2v) is 6.43. The molecule has 0 spiro atoms. The molecule has 0 unspecified atom stereocenters. The molecule has 1 amide bonds. The maximum atomic E-state index is 11.6. The minimum Gasteiger partial charge on any atom is -0.444 e. The Labute approximate surface area is 131 Å². The van der Waals surface area contributed by atoms with Gasteiger partial charge in [0.1, 0.15) is 5.60 Å². The van der Waals surface area contributed by atoms with E-state index in [0.29, 0.717) is 6.54 Å². The third-order valence-electron chi connectivity index (χ3n) is 3.29. The van der Waals surface area contributed by atoms with Crippen LogP contribution in [0.4, 0.5) is 10.5 Å². The summed E-state index contributed by atoms with van der Waals surface area (Å²) in [4.78, 5) is 11.6. The van der Waals surface area contributed by atoms with E-state index in [9.17, 15) is 4.79 Å². The molecule has 2 rings (SSSR count). The lowest BCUT2D eigenvalue weighted by Gasteiger charge is -2.19. The van der Waals surface area contributed by atoms with E-state index in [4.69, 9.17) is 10.5 Å². The number of nitrogen functional groups attached to an aromatic ring is 1. The number of carbonyl (C=O) groups is 1. The van der Waals surface area contributed by atoms with Gasteiger partial charge in [-0.1, -0.05) is 24.3 Å². The van der Waals surface area contributed by atoms with Crippen LogP contribution in [0.5, 0.6) is 0 Å². The first-order chi connectivity index (χ1) is 10.3. The highest BCUT2D eigenvalue weighted by Crippen LogP contribution is 2.22. The highest BCUT2D eigenvalue weighted by molar-refractivity contribution is 5.88. The Morgan fingerprint density at radius 2 is 2.00 bits per heavy atom. The van der Waals surface area contributed by atoms with E-state index < -0.39 is 5.60 Å². The first-order valence-electron chi connectivity index (χ1n) is 7.59. The number of fused-ring (bicyclic) bond motifs is 1. The highest BCUT2D eigenvalue weighted by Gasteiger charge is 2.15. The minimum atomic E-state index is -0.459. The van der Waals surface area contributed by atoms with Crippen molar-refractivity contribution in [2.45, 2.75) is 39.2 Å². The normalized spacial score (nSPS) is 11.4. The first-order valence-corrected chi connectivity index (χ1v) is 7.59. The van der Waals surface area contributed by atoms with Crippen LogP contribution >= 0.6 is 0 Å². The van der Waals surface area contributed by atoms with Gasteiger partial charge in [0.25, 0.3) is 0 Å². The predicted molar refractivity (Wildman–Crippen MR) is 90.9 cm³/mol. The summed E-state index contributed by atoms with van der Waals surface area (Å²) in [6.45, 7) is 6.16. The predicted octanol–water partition coefficient (Wildman–Crippen LogP) is 3.88. The molecule has 0 saturated heterocycles. The number of benzene rings is 2. The fourth-order valence-corrected chi connectivity index (χ4v) is 2.37. The summed E-state index contributed by atoms with van der Waals surface area (Å²) < 4.78 is 5.21. The number of alkyl carbamates (subject to hydrolysis) is 1. The lowest BCUT2D eigenvalue weighted by molar-refractivity contribution is 0.0527. The van der Waals surface area contributed by atoms with E-state index in [1.54, 1.807) is 0 Å². The number of anilines is 1. The molecule has 0 fully saturated rings. The van der Waals surface area contributed by atoms with Gasteiger partial charge in [-0.3, -0.25) is 0 Å². The summed E-state index contributed by atoms with van der Waals surface area (Å²) in [5, 5.41) is 5.15. The molecule has 4 heteroatoms. The Morgan fingerprint density at radius 1 is 1.23 bits per heavy atom. The Kier molecular flexibility index (Phi) is 4.91. The molecule has 0 aliphatic rings. The molecule has 0 bridgehead atoms. The molecule has 0 atom stereocenters. The van der Waals surface area contributed by atoms with Gasteiger partial charge >= 0.3 is 6.09 Å². The number of nitrogens with one attached hydrogen (secondary N) is 1. The summed E-state index contributed by atoms with van der Waals surface area (Å²) in [5.41, 5.74) is 7.40. The van der Waals surface area contributed by atoms with Crippen molar-refractivity contribution in [3.05, 3.63) is 42.0 Å². The number of hydrogen-bond acceptors (Lipinski definition) is 3. The van der Waals surface area contributed by atoms with Crippen molar-refractivity contribution in [2.75, 3.05) is 12.3 Å².